The molecule has 27 heavy (non-hydrogen) atoms. The summed E-state index contributed by atoms with van der Waals surface area (Å²) in [6, 6.07) is 7.61. The van der Waals surface area contributed by atoms with E-state index in [4.69, 9.17) is 14.0 Å². The lowest BCUT2D eigenvalue weighted by Gasteiger charge is -2.49. The number of nitrogens with zero attached hydrogens (tertiary/aromatic N) is 3. The Hall–Kier alpha value is -2.25. The van der Waals surface area contributed by atoms with Gasteiger partial charge in [-0.25, -0.2) is 0 Å². The van der Waals surface area contributed by atoms with Crippen molar-refractivity contribution in [2.75, 3.05) is 26.3 Å². The van der Waals surface area contributed by atoms with Crippen molar-refractivity contribution in [1.29, 1.82) is 0 Å². The van der Waals surface area contributed by atoms with Crippen molar-refractivity contribution < 1.29 is 18.8 Å². The van der Waals surface area contributed by atoms with Crippen LogP contribution < -0.4 is 0 Å². The smallest absolute Gasteiger partial charge is 0.276 e. The first kappa shape index (κ1) is 16.9. The number of rotatable bonds is 6. The monoisotopic (exact) mass is 369 g/mol. The molecule has 0 aromatic carbocycles. The molecule has 7 nitrogen and oxygen atoms in total. The van der Waals surface area contributed by atoms with Crippen molar-refractivity contribution in [2.45, 2.75) is 37.4 Å². The van der Waals surface area contributed by atoms with Crippen LogP contribution in [0.3, 0.4) is 0 Å². The van der Waals surface area contributed by atoms with Gasteiger partial charge in [-0.2, -0.15) is 0 Å². The molecule has 2 aliphatic heterocycles. The Balaban J connectivity index is 1.15. The molecule has 0 bridgehead atoms. The molecular weight excluding hydrogens is 346 g/mol. The van der Waals surface area contributed by atoms with Crippen molar-refractivity contribution in [3.05, 3.63) is 47.6 Å². The molecule has 1 spiro atoms. The van der Waals surface area contributed by atoms with E-state index in [1.54, 1.807) is 17.2 Å². The van der Waals surface area contributed by atoms with Gasteiger partial charge in [-0.3, -0.25) is 9.78 Å². The van der Waals surface area contributed by atoms with Gasteiger partial charge in [0.25, 0.3) is 5.91 Å². The minimum atomic E-state index is -0.275. The van der Waals surface area contributed by atoms with Crippen LogP contribution in [-0.2, 0) is 16.1 Å². The van der Waals surface area contributed by atoms with Crippen LogP contribution in [0.5, 0.6) is 0 Å². The third kappa shape index (κ3) is 3.26. The summed E-state index contributed by atoms with van der Waals surface area (Å²) >= 11 is 0. The first-order valence-electron chi connectivity index (χ1n) is 9.61. The second-order valence-electron chi connectivity index (χ2n) is 7.79. The van der Waals surface area contributed by atoms with Gasteiger partial charge in [0.05, 0.1) is 32.0 Å². The fourth-order valence-electron chi connectivity index (χ4n) is 4.02. The SMILES string of the molecule is O=C(c1cc(C2CC2)on1)N1CC2(C1)OCC[C@@H]2COCc1ccccn1. The number of likely N-dealkylation sites (tertiary alicyclic amines) is 1. The van der Waals surface area contributed by atoms with Crippen molar-refractivity contribution in [2.24, 2.45) is 5.92 Å². The third-order valence-electron chi connectivity index (χ3n) is 5.83. The lowest BCUT2D eigenvalue weighted by Crippen LogP contribution is -2.66. The van der Waals surface area contributed by atoms with Gasteiger partial charge in [-0.05, 0) is 31.4 Å². The number of hydrogen-bond donors (Lipinski definition) is 0. The highest BCUT2D eigenvalue weighted by molar-refractivity contribution is 5.93. The molecule has 2 aromatic heterocycles. The van der Waals surface area contributed by atoms with Crippen LogP contribution in [0.1, 0.15) is 47.1 Å². The number of aromatic nitrogens is 2. The van der Waals surface area contributed by atoms with Crippen LogP contribution in [0.2, 0.25) is 0 Å². The molecule has 3 fully saturated rings. The molecule has 5 rings (SSSR count). The summed E-state index contributed by atoms with van der Waals surface area (Å²) in [5.74, 6) is 1.52. The van der Waals surface area contributed by atoms with E-state index in [1.807, 2.05) is 18.2 Å². The molecule has 1 atom stereocenters. The normalized spacial score (nSPS) is 23.6. The molecule has 1 saturated carbocycles. The van der Waals surface area contributed by atoms with Crippen molar-refractivity contribution in [3.8, 4) is 0 Å². The van der Waals surface area contributed by atoms with Gasteiger partial charge in [-0.15, -0.1) is 0 Å². The van der Waals surface area contributed by atoms with E-state index in [0.717, 1.165) is 37.3 Å². The quantitative estimate of drug-likeness (QED) is 0.778. The van der Waals surface area contributed by atoms with E-state index < -0.39 is 0 Å². The molecule has 4 heterocycles. The Morgan fingerprint density at radius 1 is 1.30 bits per heavy atom. The largest absolute Gasteiger partial charge is 0.375 e. The van der Waals surface area contributed by atoms with E-state index in [2.05, 4.69) is 10.1 Å². The molecule has 2 saturated heterocycles. The van der Waals surface area contributed by atoms with E-state index in [1.165, 1.54) is 0 Å². The van der Waals surface area contributed by atoms with E-state index in [0.29, 0.717) is 43.8 Å². The average molecular weight is 369 g/mol. The van der Waals surface area contributed by atoms with E-state index in [-0.39, 0.29) is 11.5 Å². The van der Waals surface area contributed by atoms with Gasteiger partial charge in [0.15, 0.2) is 5.69 Å². The first-order chi connectivity index (χ1) is 13.2. The van der Waals surface area contributed by atoms with Crippen LogP contribution in [0.15, 0.2) is 35.0 Å². The van der Waals surface area contributed by atoms with Crippen LogP contribution in [-0.4, -0.2) is 52.9 Å². The number of hydrogen-bond acceptors (Lipinski definition) is 6. The molecular formula is C20H23N3O4. The summed E-state index contributed by atoms with van der Waals surface area (Å²) in [6.45, 7) is 3.02. The van der Waals surface area contributed by atoms with Crippen molar-refractivity contribution >= 4 is 5.91 Å². The average Bonchev–Trinajstić information content (AvgIpc) is 3.24. The van der Waals surface area contributed by atoms with Crippen LogP contribution >= 0.6 is 0 Å². The summed E-state index contributed by atoms with van der Waals surface area (Å²) in [5.41, 5.74) is 1.06. The Morgan fingerprint density at radius 3 is 2.96 bits per heavy atom. The highest BCUT2D eigenvalue weighted by atomic mass is 16.5. The molecule has 3 aliphatic rings. The number of pyridine rings is 1. The fraction of sp³-hybridized carbons (Fsp3) is 0.550. The van der Waals surface area contributed by atoms with Crippen LogP contribution in [0.25, 0.3) is 0 Å². The number of carbonyl (C=O) groups excluding carboxylic acids is 1. The highest BCUT2D eigenvalue weighted by Gasteiger charge is 2.54. The highest BCUT2D eigenvalue weighted by Crippen LogP contribution is 2.42. The van der Waals surface area contributed by atoms with Gasteiger partial charge in [-0.1, -0.05) is 11.2 Å². The van der Waals surface area contributed by atoms with E-state index >= 15 is 0 Å². The maximum absolute atomic E-state index is 12.6. The summed E-state index contributed by atoms with van der Waals surface area (Å²) < 4.78 is 17.2. The summed E-state index contributed by atoms with van der Waals surface area (Å²) in [7, 11) is 0. The standard InChI is InChI=1S/C20H23N3O4/c24-19(17-9-18(27-22-17)14-4-5-14)23-12-20(13-23)15(6-8-26-20)10-25-11-16-3-1-2-7-21-16/h1-3,7,9,14-15H,4-6,8,10-13H2/t15-/m1/s1. The Morgan fingerprint density at radius 2 is 2.19 bits per heavy atom. The molecule has 7 heteroatoms. The number of ether oxygens (including phenoxy) is 2. The topological polar surface area (TPSA) is 77.7 Å². The minimum Gasteiger partial charge on any atom is -0.375 e. The lowest BCUT2D eigenvalue weighted by atomic mass is 9.81. The number of carbonyl (C=O) groups is 1. The van der Waals surface area contributed by atoms with Gasteiger partial charge >= 0.3 is 0 Å². The lowest BCUT2D eigenvalue weighted by molar-refractivity contribution is -0.129. The zero-order chi connectivity index (χ0) is 18.3. The van der Waals surface area contributed by atoms with Gasteiger partial charge in [0, 0.05) is 30.7 Å². The molecule has 0 unspecified atom stereocenters. The Labute approximate surface area is 157 Å². The van der Waals surface area contributed by atoms with Crippen LogP contribution in [0.4, 0.5) is 0 Å². The Bertz CT molecular complexity index is 812. The zero-order valence-electron chi connectivity index (χ0n) is 15.2. The van der Waals surface area contributed by atoms with Gasteiger partial charge in [0.2, 0.25) is 0 Å². The molecule has 1 aliphatic carbocycles. The van der Waals surface area contributed by atoms with Crippen LogP contribution in [0, 0.1) is 5.92 Å². The predicted octanol–water partition coefficient (Wildman–Crippen LogP) is 2.39. The maximum Gasteiger partial charge on any atom is 0.276 e. The molecule has 0 radical (unpaired) electrons. The van der Waals surface area contributed by atoms with Gasteiger partial charge in [0.1, 0.15) is 11.4 Å². The fourth-order valence-corrected chi connectivity index (χ4v) is 4.02. The number of amides is 1. The van der Waals surface area contributed by atoms with Crippen molar-refractivity contribution in [1.82, 2.24) is 15.0 Å². The second-order valence-corrected chi connectivity index (χ2v) is 7.79. The first-order valence-corrected chi connectivity index (χ1v) is 9.61. The summed E-state index contributed by atoms with van der Waals surface area (Å²) in [6.07, 6.45) is 4.99. The second kappa shape index (κ2) is 6.73. The Kier molecular flexibility index (Phi) is 4.21. The van der Waals surface area contributed by atoms with Gasteiger partial charge < -0.3 is 18.9 Å². The third-order valence-corrected chi connectivity index (χ3v) is 5.83. The summed E-state index contributed by atoms with van der Waals surface area (Å²) in [4.78, 5) is 18.7. The molecule has 142 valence electrons. The van der Waals surface area contributed by atoms with Crippen molar-refractivity contribution in [3.63, 3.8) is 0 Å². The maximum atomic E-state index is 12.6. The summed E-state index contributed by atoms with van der Waals surface area (Å²) in [5, 5.41) is 3.96. The minimum absolute atomic E-state index is 0.0695. The molecule has 2 aromatic rings. The molecule has 0 N–H and O–H groups in total. The molecule has 1 amide bonds. The van der Waals surface area contributed by atoms with E-state index in [9.17, 15) is 4.79 Å². The zero-order valence-corrected chi connectivity index (χ0v) is 15.2. The predicted molar refractivity (Wildman–Crippen MR) is 95.1 cm³/mol.